The van der Waals surface area contributed by atoms with Crippen LogP contribution in [0, 0.1) is 23.7 Å². The third kappa shape index (κ3) is 7.66. The highest BCUT2D eigenvalue weighted by Gasteiger charge is 2.38. The van der Waals surface area contributed by atoms with Crippen molar-refractivity contribution in [1.29, 1.82) is 0 Å². The Labute approximate surface area is 232 Å². The van der Waals surface area contributed by atoms with Crippen LogP contribution in [-0.4, -0.2) is 74.8 Å². The van der Waals surface area contributed by atoms with Gasteiger partial charge in [0, 0.05) is 43.2 Å². The fraction of sp³-hybridized carbons (Fsp3) is 0.483. The molecule has 0 fully saturated rings. The average Bonchev–Trinajstić information content (AvgIpc) is 2.90. The van der Waals surface area contributed by atoms with Crippen molar-refractivity contribution in [3.8, 4) is 23.3 Å². The van der Waals surface area contributed by atoms with Gasteiger partial charge in [-0.15, -0.1) is 0 Å². The number of carbonyl (C=O) groups excluding carboxylic acids is 1. The van der Waals surface area contributed by atoms with E-state index in [0.29, 0.717) is 29.3 Å². The second-order valence-electron chi connectivity index (χ2n) is 10.3. The number of sulfonamides is 1. The summed E-state index contributed by atoms with van der Waals surface area (Å²) in [6.45, 7) is 7.70. The number of fused-ring (bicyclic) bond motifs is 1. The number of likely N-dealkylation sites (N-methyl/N-ethyl adjacent to an activating group) is 1. The third-order valence-corrected chi connectivity index (χ3v) is 8.57. The molecule has 0 saturated carbocycles. The molecule has 0 radical (unpaired) electrons. The molecule has 1 aliphatic rings. The minimum absolute atomic E-state index is 0.0134. The molecule has 10 heteroatoms. The quantitative estimate of drug-likeness (QED) is 0.498. The molecule has 1 heterocycles. The van der Waals surface area contributed by atoms with Crippen molar-refractivity contribution in [3.05, 3.63) is 48.0 Å². The number of amides is 2. The molecule has 0 unspecified atom stereocenters. The zero-order chi connectivity index (χ0) is 28.7. The number of aliphatic hydroxyl groups is 1. The number of nitrogens with one attached hydrogen (secondary N) is 1. The second-order valence-corrected chi connectivity index (χ2v) is 12.2. The van der Waals surface area contributed by atoms with E-state index in [4.69, 9.17) is 9.47 Å². The molecule has 9 nitrogen and oxygen atoms in total. The Balaban J connectivity index is 1.92. The van der Waals surface area contributed by atoms with E-state index in [1.54, 1.807) is 57.5 Å². The number of rotatable bonds is 7. The molecular formula is C29H39N3O6S. The van der Waals surface area contributed by atoms with Gasteiger partial charge in [0.1, 0.15) is 22.5 Å². The number of methoxy groups -OCH3 is 1. The van der Waals surface area contributed by atoms with Crippen LogP contribution < -0.4 is 14.8 Å². The third-order valence-electron chi connectivity index (χ3n) is 6.55. The van der Waals surface area contributed by atoms with Crippen molar-refractivity contribution in [2.24, 2.45) is 11.8 Å². The van der Waals surface area contributed by atoms with Gasteiger partial charge in [-0.2, -0.15) is 4.31 Å². The minimum Gasteiger partial charge on any atom is -0.497 e. The van der Waals surface area contributed by atoms with E-state index in [1.165, 1.54) is 15.3 Å². The molecule has 3 rings (SSSR count). The van der Waals surface area contributed by atoms with Crippen LogP contribution in [0.4, 0.5) is 10.5 Å². The van der Waals surface area contributed by atoms with Gasteiger partial charge in [-0.1, -0.05) is 32.6 Å². The van der Waals surface area contributed by atoms with Crippen LogP contribution in [0.2, 0.25) is 0 Å². The SMILES string of the molecule is COc1ccc(NC(=O)N(C)C[C@@H]2Oc3cc(C#CCC(C)C)ccc3S(=O)(=O)N([C@@H](C)CO)C[C@H]2C)cc1. The first kappa shape index (κ1) is 30.3. The molecule has 2 amide bonds. The molecule has 2 aromatic carbocycles. The number of carbonyl (C=O) groups is 1. The van der Waals surface area contributed by atoms with Gasteiger partial charge < -0.3 is 24.8 Å². The van der Waals surface area contributed by atoms with Crippen LogP contribution >= 0.6 is 0 Å². The molecule has 2 aromatic rings. The smallest absolute Gasteiger partial charge is 0.321 e. The standard InChI is InChI=1S/C29H39N3O6S/c1-20(2)8-7-9-23-10-15-28-26(16-23)38-27(21(3)17-32(22(4)19-33)39(28,35)36)18-31(5)29(34)30-24-11-13-25(37-6)14-12-24/h10-16,20-22,27,33H,8,17-19H2,1-6H3,(H,30,34)/t21-,22+,27+/m1/s1. The Hall–Kier alpha value is -3.26. The summed E-state index contributed by atoms with van der Waals surface area (Å²) >= 11 is 0. The van der Waals surface area contributed by atoms with Gasteiger partial charge in [0.25, 0.3) is 0 Å². The van der Waals surface area contributed by atoms with Crippen molar-refractivity contribution < 1.29 is 27.8 Å². The number of ether oxygens (including phenoxy) is 2. The molecular weight excluding hydrogens is 518 g/mol. The van der Waals surface area contributed by atoms with E-state index in [-0.39, 0.29) is 42.3 Å². The maximum atomic E-state index is 13.6. The van der Waals surface area contributed by atoms with Gasteiger partial charge >= 0.3 is 6.03 Å². The summed E-state index contributed by atoms with van der Waals surface area (Å²) in [5.41, 5.74) is 1.26. The first-order valence-electron chi connectivity index (χ1n) is 13.0. The Morgan fingerprint density at radius 3 is 2.54 bits per heavy atom. The van der Waals surface area contributed by atoms with Gasteiger partial charge in [0.2, 0.25) is 10.0 Å². The summed E-state index contributed by atoms with van der Waals surface area (Å²) in [7, 11) is -0.721. The maximum absolute atomic E-state index is 13.6. The van der Waals surface area contributed by atoms with Crippen molar-refractivity contribution in [2.75, 3.05) is 39.2 Å². The summed E-state index contributed by atoms with van der Waals surface area (Å²) in [5.74, 6) is 7.20. The molecule has 0 spiro atoms. The molecule has 0 aliphatic carbocycles. The number of urea groups is 1. The highest BCUT2D eigenvalue weighted by Crippen LogP contribution is 2.34. The summed E-state index contributed by atoms with van der Waals surface area (Å²) in [6, 6.07) is 10.9. The largest absolute Gasteiger partial charge is 0.497 e. The fourth-order valence-corrected chi connectivity index (χ4v) is 5.95. The van der Waals surface area contributed by atoms with Crippen LogP contribution in [-0.2, 0) is 10.0 Å². The predicted molar refractivity (Wildman–Crippen MR) is 151 cm³/mol. The summed E-state index contributed by atoms with van der Waals surface area (Å²) < 4.78 is 40.1. The van der Waals surface area contributed by atoms with E-state index < -0.39 is 22.2 Å². The zero-order valence-electron chi connectivity index (χ0n) is 23.5. The molecule has 0 bridgehead atoms. The van der Waals surface area contributed by atoms with Crippen molar-refractivity contribution in [3.63, 3.8) is 0 Å². The highest BCUT2D eigenvalue weighted by molar-refractivity contribution is 7.89. The van der Waals surface area contributed by atoms with Crippen molar-refractivity contribution in [1.82, 2.24) is 9.21 Å². The lowest BCUT2D eigenvalue weighted by molar-refractivity contribution is 0.0830. The van der Waals surface area contributed by atoms with E-state index in [2.05, 4.69) is 31.0 Å². The van der Waals surface area contributed by atoms with Crippen LogP contribution in [0.15, 0.2) is 47.4 Å². The lowest BCUT2D eigenvalue weighted by Crippen LogP contribution is -2.50. The average molecular weight is 558 g/mol. The lowest BCUT2D eigenvalue weighted by Gasteiger charge is -2.37. The molecule has 3 atom stereocenters. The molecule has 0 aromatic heterocycles. The number of nitrogens with zero attached hydrogens (tertiary/aromatic N) is 2. The van der Waals surface area contributed by atoms with Crippen LogP contribution in [0.5, 0.6) is 11.5 Å². The minimum atomic E-state index is -3.96. The topological polar surface area (TPSA) is 108 Å². The lowest BCUT2D eigenvalue weighted by atomic mass is 10.0. The number of anilines is 1. The normalized spacial score (nSPS) is 19.4. The number of hydrogen-bond donors (Lipinski definition) is 2. The van der Waals surface area contributed by atoms with Gasteiger partial charge in [0.15, 0.2) is 0 Å². The first-order chi connectivity index (χ1) is 18.5. The number of aliphatic hydroxyl groups excluding tert-OH is 1. The van der Waals surface area contributed by atoms with Gasteiger partial charge in [0.05, 0.1) is 20.3 Å². The van der Waals surface area contributed by atoms with E-state index >= 15 is 0 Å². The van der Waals surface area contributed by atoms with Gasteiger partial charge in [-0.05, 0) is 55.3 Å². The van der Waals surface area contributed by atoms with Crippen molar-refractivity contribution in [2.45, 2.75) is 51.2 Å². The molecule has 2 N–H and O–H groups in total. The maximum Gasteiger partial charge on any atom is 0.321 e. The van der Waals surface area contributed by atoms with E-state index in [1.807, 2.05) is 6.92 Å². The Bertz CT molecular complexity index is 1300. The monoisotopic (exact) mass is 557 g/mol. The molecule has 39 heavy (non-hydrogen) atoms. The molecule has 212 valence electrons. The fourth-order valence-electron chi connectivity index (χ4n) is 4.12. The van der Waals surface area contributed by atoms with E-state index in [0.717, 1.165) is 0 Å². The van der Waals surface area contributed by atoms with Crippen molar-refractivity contribution >= 4 is 21.7 Å². The second kappa shape index (κ2) is 13.2. The van der Waals surface area contributed by atoms with Gasteiger partial charge in [-0.3, -0.25) is 0 Å². The Kier molecular flexibility index (Phi) is 10.2. The first-order valence-corrected chi connectivity index (χ1v) is 14.5. The van der Waals surface area contributed by atoms with Gasteiger partial charge in [-0.25, -0.2) is 13.2 Å². The highest BCUT2D eigenvalue weighted by atomic mass is 32.2. The number of benzene rings is 2. The summed E-state index contributed by atoms with van der Waals surface area (Å²) in [4.78, 5) is 14.5. The van der Waals surface area contributed by atoms with E-state index in [9.17, 15) is 18.3 Å². The van der Waals surface area contributed by atoms with Crippen LogP contribution in [0.25, 0.3) is 0 Å². The molecule has 1 aliphatic heterocycles. The van der Waals surface area contributed by atoms with Crippen LogP contribution in [0.3, 0.4) is 0 Å². The predicted octanol–water partition coefficient (Wildman–Crippen LogP) is 4.03. The summed E-state index contributed by atoms with van der Waals surface area (Å²) in [6.07, 6.45) is 0.185. The Morgan fingerprint density at radius 2 is 1.92 bits per heavy atom. The van der Waals surface area contributed by atoms with Crippen LogP contribution in [0.1, 0.15) is 39.7 Å². The zero-order valence-corrected chi connectivity index (χ0v) is 24.3. The number of hydrogen-bond acceptors (Lipinski definition) is 6. The molecule has 0 saturated heterocycles. The Morgan fingerprint density at radius 1 is 1.23 bits per heavy atom. The summed E-state index contributed by atoms with van der Waals surface area (Å²) in [5, 5.41) is 12.7.